The molecule has 4 heterocycles. The van der Waals surface area contributed by atoms with Crippen molar-refractivity contribution < 1.29 is 13.3 Å². The van der Waals surface area contributed by atoms with Crippen LogP contribution in [0.25, 0.3) is 100.0 Å². The van der Waals surface area contributed by atoms with Crippen LogP contribution in [0, 0.1) is 0 Å². The van der Waals surface area contributed by atoms with Crippen LogP contribution in [0.2, 0.25) is 5.02 Å². The Labute approximate surface area is 265 Å². The van der Waals surface area contributed by atoms with Gasteiger partial charge in [0.25, 0.3) is 0 Å². The molecule has 0 aliphatic heterocycles. The first-order valence-corrected chi connectivity index (χ1v) is 15.3. The molecule has 0 N–H and O–H groups in total. The zero-order chi connectivity index (χ0) is 30.4. The second-order valence-electron chi connectivity index (χ2n) is 11.3. The molecule has 0 saturated heterocycles. The molecule has 0 aliphatic carbocycles. The summed E-state index contributed by atoms with van der Waals surface area (Å²) >= 11 is 6.25. The van der Waals surface area contributed by atoms with Crippen LogP contribution in [0.15, 0.2) is 135 Å². The molecule has 0 spiro atoms. The predicted molar refractivity (Wildman–Crippen MR) is 183 cm³/mol. The maximum absolute atomic E-state index is 6.50. The minimum Gasteiger partial charge on any atom is -0.455 e. The van der Waals surface area contributed by atoms with E-state index >= 15 is 0 Å². The van der Waals surface area contributed by atoms with Gasteiger partial charge in [0.05, 0.1) is 5.56 Å². The average molecular weight is 614 g/mol. The third kappa shape index (κ3) is 3.74. The number of hydrogen-bond donors (Lipinski definition) is 0. The Morgan fingerprint density at radius 2 is 0.957 bits per heavy atom. The fourth-order valence-corrected chi connectivity index (χ4v) is 6.61. The van der Waals surface area contributed by atoms with Gasteiger partial charge in [0, 0.05) is 54.5 Å². The van der Waals surface area contributed by atoms with Gasteiger partial charge in [-0.05, 0) is 48.5 Å². The van der Waals surface area contributed by atoms with Gasteiger partial charge in [-0.25, -0.2) is 15.0 Å². The quantitative estimate of drug-likeness (QED) is 0.197. The Hall–Kier alpha value is -5.98. The summed E-state index contributed by atoms with van der Waals surface area (Å²) in [6.45, 7) is 0. The maximum atomic E-state index is 6.50. The van der Waals surface area contributed by atoms with Crippen LogP contribution in [0.1, 0.15) is 0 Å². The van der Waals surface area contributed by atoms with Crippen molar-refractivity contribution in [2.45, 2.75) is 0 Å². The highest BCUT2D eigenvalue weighted by Gasteiger charge is 2.20. The highest BCUT2D eigenvalue weighted by Crippen LogP contribution is 2.40. The van der Waals surface area contributed by atoms with Crippen LogP contribution in [-0.2, 0) is 0 Å². The monoisotopic (exact) mass is 613 g/mol. The van der Waals surface area contributed by atoms with E-state index in [2.05, 4.69) is 24.3 Å². The van der Waals surface area contributed by atoms with Crippen molar-refractivity contribution in [2.75, 3.05) is 0 Å². The average Bonchev–Trinajstić information content (AvgIpc) is 3.79. The van der Waals surface area contributed by atoms with E-state index < -0.39 is 0 Å². The van der Waals surface area contributed by atoms with E-state index in [0.29, 0.717) is 39.2 Å². The van der Waals surface area contributed by atoms with E-state index in [0.717, 1.165) is 65.8 Å². The minimum atomic E-state index is 0.529. The number of benzene rings is 6. The van der Waals surface area contributed by atoms with Gasteiger partial charge >= 0.3 is 0 Å². The van der Waals surface area contributed by atoms with Gasteiger partial charge in [-0.15, -0.1) is 0 Å². The van der Waals surface area contributed by atoms with Gasteiger partial charge in [-0.1, -0.05) is 78.3 Å². The molecule has 216 valence electrons. The Kier molecular flexibility index (Phi) is 5.24. The van der Waals surface area contributed by atoms with Crippen molar-refractivity contribution in [1.82, 2.24) is 15.0 Å². The summed E-state index contributed by atoms with van der Waals surface area (Å²) in [5, 5.41) is 6.61. The molecule has 0 aliphatic rings. The normalized spacial score (nSPS) is 12.0. The number of hydrogen-bond acceptors (Lipinski definition) is 6. The first-order chi connectivity index (χ1) is 22.7. The summed E-state index contributed by atoms with van der Waals surface area (Å²) in [5.74, 6) is 1.63. The first-order valence-electron chi connectivity index (χ1n) is 14.9. The lowest BCUT2D eigenvalue weighted by atomic mass is 10.1. The molecule has 10 aromatic rings. The van der Waals surface area contributed by atoms with Crippen LogP contribution < -0.4 is 0 Å². The molecule has 6 nitrogen and oxygen atoms in total. The van der Waals surface area contributed by atoms with Crippen molar-refractivity contribution in [3.63, 3.8) is 0 Å². The van der Waals surface area contributed by atoms with Gasteiger partial charge < -0.3 is 13.3 Å². The summed E-state index contributed by atoms with van der Waals surface area (Å²) in [6.07, 6.45) is 0. The molecule has 7 heteroatoms. The van der Waals surface area contributed by atoms with Gasteiger partial charge in [0.15, 0.2) is 28.6 Å². The molecule has 6 aromatic carbocycles. The largest absolute Gasteiger partial charge is 0.455 e. The fourth-order valence-electron chi connectivity index (χ4n) is 6.45. The number of furan rings is 3. The van der Waals surface area contributed by atoms with Crippen LogP contribution in [0.5, 0.6) is 0 Å². The lowest BCUT2D eigenvalue weighted by Crippen LogP contribution is -2.00. The summed E-state index contributed by atoms with van der Waals surface area (Å²) in [4.78, 5) is 14.9. The lowest BCUT2D eigenvalue weighted by molar-refractivity contribution is 0.633. The van der Waals surface area contributed by atoms with Gasteiger partial charge in [0.1, 0.15) is 22.3 Å². The van der Waals surface area contributed by atoms with Crippen LogP contribution in [0.3, 0.4) is 0 Å². The van der Waals surface area contributed by atoms with E-state index in [9.17, 15) is 0 Å². The van der Waals surface area contributed by atoms with E-state index in [4.69, 9.17) is 39.8 Å². The Morgan fingerprint density at radius 3 is 1.76 bits per heavy atom. The van der Waals surface area contributed by atoms with Crippen molar-refractivity contribution in [1.29, 1.82) is 0 Å². The van der Waals surface area contributed by atoms with Crippen molar-refractivity contribution in [3.05, 3.63) is 126 Å². The smallest absolute Gasteiger partial charge is 0.178 e. The number of nitrogens with zero attached hydrogens (tertiary/aromatic N) is 3. The summed E-state index contributed by atoms with van der Waals surface area (Å²) < 4.78 is 19.1. The lowest BCUT2D eigenvalue weighted by Gasteiger charge is -2.08. The number of para-hydroxylation sites is 2. The molecule has 0 bridgehead atoms. The van der Waals surface area contributed by atoms with E-state index in [-0.39, 0.29) is 0 Å². The van der Waals surface area contributed by atoms with Crippen LogP contribution >= 0.6 is 11.6 Å². The molecule has 4 aromatic heterocycles. The molecule has 0 atom stereocenters. The zero-order valence-electron chi connectivity index (χ0n) is 24.0. The third-order valence-electron chi connectivity index (χ3n) is 8.61. The fraction of sp³-hybridized carbons (Fsp3) is 0. The number of aromatic nitrogens is 3. The molecule has 0 fully saturated rings. The molecule has 0 amide bonds. The molecule has 10 rings (SSSR count). The second kappa shape index (κ2) is 9.51. The van der Waals surface area contributed by atoms with Gasteiger partial charge in [-0.3, -0.25) is 0 Å². The van der Waals surface area contributed by atoms with Gasteiger partial charge in [0.2, 0.25) is 0 Å². The molecular weight excluding hydrogens is 594 g/mol. The van der Waals surface area contributed by atoms with Crippen molar-refractivity contribution >= 4 is 77.4 Å². The highest BCUT2D eigenvalue weighted by molar-refractivity contribution is 6.31. The number of halogens is 1. The SMILES string of the molecule is Clc1ccc2c(c1)oc1c2ccc2c3ccc(-c4nc(-c5ccccc5)nc(-c5cccc6c5oc5ccccc56)n4)cc3oc21. The highest BCUT2D eigenvalue weighted by atomic mass is 35.5. The molecule has 0 radical (unpaired) electrons. The molecular formula is C39H20ClN3O3. The topological polar surface area (TPSA) is 78.1 Å². The number of fused-ring (bicyclic) bond motifs is 10. The van der Waals surface area contributed by atoms with E-state index in [1.807, 2.05) is 97.1 Å². The second-order valence-corrected chi connectivity index (χ2v) is 11.8. The van der Waals surface area contributed by atoms with Crippen LogP contribution in [0.4, 0.5) is 0 Å². The first kappa shape index (κ1) is 25.4. The molecule has 46 heavy (non-hydrogen) atoms. The zero-order valence-corrected chi connectivity index (χ0v) is 24.7. The van der Waals surface area contributed by atoms with E-state index in [1.165, 1.54) is 0 Å². The summed E-state index contributed by atoms with van der Waals surface area (Å²) in [5.41, 5.74) is 6.87. The molecule has 0 saturated carbocycles. The predicted octanol–water partition coefficient (Wildman–Crippen LogP) is 11.2. The van der Waals surface area contributed by atoms with Crippen molar-refractivity contribution in [2.24, 2.45) is 0 Å². The standard InChI is InChI=1S/C39H20ClN3O3/c40-23-14-16-26-29-18-17-28-25-15-13-22(19-32(25)45-35(28)36(29)46-33(26)20-23)38-41-37(21-7-2-1-3-8-21)42-39(43-38)30-11-6-10-27-24-9-4-5-12-31(24)44-34(27)30/h1-20H. The maximum Gasteiger partial charge on any atom is 0.178 e. The Bertz CT molecular complexity index is 2830. The number of rotatable bonds is 3. The Morgan fingerprint density at radius 1 is 0.391 bits per heavy atom. The molecule has 0 unspecified atom stereocenters. The summed E-state index contributed by atoms with van der Waals surface area (Å²) in [7, 11) is 0. The minimum absolute atomic E-state index is 0.529. The van der Waals surface area contributed by atoms with Crippen LogP contribution in [-0.4, -0.2) is 15.0 Å². The van der Waals surface area contributed by atoms with E-state index in [1.54, 1.807) is 0 Å². The third-order valence-corrected chi connectivity index (χ3v) is 8.85. The Balaban J connectivity index is 1.19. The van der Waals surface area contributed by atoms with Gasteiger partial charge in [-0.2, -0.15) is 0 Å². The summed E-state index contributed by atoms with van der Waals surface area (Å²) in [6, 6.07) is 39.9. The van der Waals surface area contributed by atoms with Crippen molar-refractivity contribution in [3.8, 4) is 34.2 Å².